The van der Waals surface area contributed by atoms with E-state index in [1.54, 1.807) is 0 Å². The summed E-state index contributed by atoms with van der Waals surface area (Å²) in [7, 11) is 0. The highest BCUT2D eigenvalue weighted by molar-refractivity contribution is 7.99. The van der Waals surface area contributed by atoms with Crippen LogP contribution in [0.25, 0.3) is 0 Å². The molecule has 0 radical (unpaired) electrons. The minimum Gasteiger partial charge on any atom is -0.330 e. The third kappa shape index (κ3) is 4.25. The molecule has 2 atom stereocenters. The van der Waals surface area contributed by atoms with Crippen molar-refractivity contribution in [3.63, 3.8) is 0 Å². The highest BCUT2D eigenvalue weighted by Crippen LogP contribution is 2.34. The predicted octanol–water partition coefficient (Wildman–Crippen LogP) is 3.62. The van der Waals surface area contributed by atoms with Crippen LogP contribution in [0, 0.1) is 0 Å². The molecule has 1 aliphatic carbocycles. The van der Waals surface area contributed by atoms with E-state index in [-0.39, 0.29) is 5.54 Å². The third-order valence-electron chi connectivity index (χ3n) is 3.87. The second kappa shape index (κ2) is 6.31. The topological polar surface area (TPSA) is 29.9 Å². The van der Waals surface area contributed by atoms with Crippen molar-refractivity contribution >= 4 is 11.8 Å². The molecule has 3 nitrogen and oxygen atoms in total. The molecule has 0 saturated heterocycles. The Balaban J connectivity index is 2.02. The first-order valence-electron chi connectivity index (χ1n) is 7.28. The van der Waals surface area contributed by atoms with E-state index in [1.165, 1.54) is 31.4 Å². The molecule has 0 aliphatic heterocycles. The SMILES string of the molecule is CSC1CCCC(n2cncc2CNC(C)(C)C)C1. The van der Waals surface area contributed by atoms with E-state index in [9.17, 15) is 0 Å². The van der Waals surface area contributed by atoms with E-state index >= 15 is 0 Å². The molecule has 1 N–H and O–H groups in total. The smallest absolute Gasteiger partial charge is 0.0951 e. The van der Waals surface area contributed by atoms with Gasteiger partial charge in [0.2, 0.25) is 0 Å². The number of rotatable bonds is 4. The fourth-order valence-corrected chi connectivity index (χ4v) is 3.56. The van der Waals surface area contributed by atoms with Gasteiger partial charge in [-0.05, 0) is 46.3 Å². The lowest BCUT2D eigenvalue weighted by Gasteiger charge is -2.30. The highest BCUT2D eigenvalue weighted by Gasteiger charge is 2.24. The molecule has 2 unspecified atom stereocenters. The molecule has 0 amide bonds. The second-order valence-electron chi connectivity index (χ2n) is 6.57. The van der Waals surface area contributed by atoms with Gasteiger partial charge in [-0.2, -0.15) is 11.8 Å². The molecule has 19 heavy (non-hydrogen) atoms. The molecule has 1 aromatic heterocycles. The van der Waals surface area contributed by atoms with Crippen LogP contribution in [0.4, 0.5) is 0 Å². The Morgan fingerprint density at radius 2 is 2.21 bits per heavy atom. The number of imidazole rings is 1. The zero-order chi connectivity index (χ0) is 13.9. The van der Waals surface area contributed by atoms with Crippen LogP contribution in [0.5, 0.6) is 0 Å². The third-order valence-corrected chi connectivity index (χ3v) is 4.97. The Kier molecular flexibility index (Phi) is 4.96. The van der Waals surface area contributed by atoms with Crippen LogP contribution in [0.2, 0.25) is 0 Å². The maximum absolute atomic E-state index is 4.37. The van der Waals surface area contributed by atoms with Crippen molar-refractivity contribution in [1.29, 1.82) is 0 Å². The van der Waals surface area contributed by atoms with Crippen LogP contribution >= 0.6 is 11.8 Å². The van der Waals surface area contributed by atoms with Crippen molar-refractivity contribution in [2.45, 2.75) is 69.8 Å². The largest absolute Gasteiger partial charge is 0.330 e. The molecule has 4 heteroatoms. The lowest BCUT2D eigenvalue weighted by molar-refractivity contribution is 0.344. The monoisotopic (exact) mass is 281 g/mol. The van der Waals surface area contributed by atoms with Gasteiger partial charge < -0.3 is 9.88 Å². The summed E-state index contributed by atoms with van der Waals surface area (Å²) in [4.78, 5) is 4.37. The maximum Gasteiger partial charge on any atom is 0.0951 e. The summed E-state index contributed by atoms with van der Waals surface area (Å²) in [6, 6.07) is 0.644. The van der Waals surface area contributed by atoms with Crippen molar-refractivity contribution in [2.24, 2.45) is 0 Å². The van der Waals surface area contributed by atoms with Gasteiger partial charge in [-0.15, -0.1) is 0 Å². The van der Waals surface area contributed by atoms with Crippen LogP contribution in [0.1, 0.15) is 58.2 Å². The van der Waals surface area contributed by atoms with Crippen LogP contribution in [-0.2, 0) is 6.54 Å². The summed E-state index contributed by atoms with van der Waals surface area (Å²) in [5.41, 5.74) is 1.48. The minimum absolute atomic E-state index is 0.156. The van der Waals surface area contributed by atoms with Gasteiger partial charge in [0.05, 0.1) is 12.0 Å². The molecule has 1 aromatic rings. The first kappa shape index (κ1) is 14.9. The zero-order valence-electron chi connectivity index (χ0n) is 12.6. The lowest BCUT2D eigenvalue weighted by Crippen LogP contribution is -2.36. The van der Waals surface area contributed by atoms with Crippen molar-refractivity contribution in [2.75, 3.05) is 6.26 Å². The summed E-state index contributed by atoms with van der Waals surface area (Å²) in [6.45, 7) is 7.53. The molecule has 1 saturated carbocycles. The number of hydrogen-bond donors (Lipinski definition) is 1. The zero-order valence-corrected chi connectivity index (χ0v) is 13.5. The molecule has 0 aromatic carbocycles. The lowest BCUT2D eigenvalue weighted by atomic mass is 9.94. The first-order valence-corrected chi connectivity index (χ1v) is 8.57. The van der Waals surface area contributed by atoms with Crippen LogP contribution in [0.15, 0.2) is 12.5 Å². The number of thioether (sulfide) groups is 1. The van der Waals surface area contributed by atoms with Gasteiger partial charge in [-0.3, -0.25) is 0 Å². The molecular weight excluding hydrogens is 254 g/mol. The normalized spacial score (nSPS) is 24.6. The van der Waals surface area contributed by atoms with E-state index in [2.05, 4.69) is 41.9 Å². The fourth-order valence-electron chi connectivity index (χ4n) is 2.74. The Labute approximate surface area is 121 Å². The van der Waals surface area contributed by atoms with E-state index in [4.69, 9.17) is 0 Å². The molecule has 2 rings (SSSR count). The average Bonchev–Trinajstić information content (AvgIpc) is 2.84. The number of nitrogens with zero attached hydrogens (tertiary/aromatic N) is 2. The van der Waals surface area contributed by atoms with Gasteiger partial charge in [0.15, 0.2) is 0 Å². The standard InChI is InChI=1S/C15H27N3S/c1-15(2,3)17-10-13-9-16-11-18(13)12-6-5-7-14(8-12)19-4/h9,11-12,14,17H,5-8,10H2,1-4H3. The number of aromatic nitrogens is 2. The van der Waals surface area contributed by atoms with Gasteiger partial charge in [0, 0.05) is 29.6 Å². The highest BCUT2D eigenvalue weighted by atomic mass is 32.2. The summed E-state index contributed by atoms with van der Waals surface area (Å²) in [5.74, 6) is 0. The summed E-state index contributed by atoms with van der Waals surface area (Å²) < 4.78 is 2.40. The Morgan fingerprint density at radius 3 is 2.89 bits per heavy atom. The van der Waals surface area contributed by atoms with Gasteiger partial charge >= 0.3 is 0 Å². The number of hydrogen-bond acceptors (Lipinski definition) is 3. The molecule has 1 heterocycles. The number of nitrogens with one attached hydrogen (secondary N) is 1. The van der Waals surface area contributed by atoms with Gasteiger partial charge in [0.1, 0.15) is 0 Å². The molecule has 1 fully saturated rings. The summed E-state index contributed by atoms with van der Waals surface area (Å²) in [5, 5.41) is 4.39. The van der Waals surface area contributed by atoms with E-state index in [0.29, 0.717) is 6.04 Å². The van der Waals surface area contributed by atoms with Crippen molar-refractivity contribution < 1.29 is 0 Å². The Hall–Kier alpha value is -0.480. The van der Waals surface area contributed by atoms with E-state index in [1.807, 2.05) is 24.3 Å². The molecule has 108 valence electrons. The van der Waals surface area contributed by atoms with E-state index < -0.39 is 0 Å². The predicted molar refractivity (Wildman–Crippen MR) is 83.6 cm³/mol. The fraction of sp³-hybridized carbons (Fsp3) is 0.800. The van der Waals surface area contributed by atoms with Crippen molar-refractivity contribution in [1.82, 2.24) is 14.9 Å². The molecular formula is C15H27N3S. The summed E-state index contributed by atoms with van der Waals surface area (Å²) >= 11 is 2.02. The summed E-state index contributed by atoms with van der Waals surface area (Å²) in [6.07, 6.45) is 11.6. The molecule has 0 bridgehead atoms. The molecule has 1 aliphatic rings. The van der Waals surface area contributed by atoms with Crippen molar-refractivity contribution in [3.05, 3.63) is 18.2 Å². The quantitative estimate of drug-likeness (QED) is 0.914. The molecule has 0 spiro atoms. The van der Waals surface area contributed by atoms with Crippen LogP contribution in [-0.4, -0.2) is 26.6 Å². The van der Waals surface area contributed by atoms with Crippen LogP contribution in [0.3, 0.4) is 0 Å². The first-order chi connectivity index (χ1) is 8.99. The second-order valence-corrected chi connectivity index (χ2v) is 7.71. The van der Waals surface area contributed by atoms with Crippen LogP contribution < -0.4 is 5.32 Å². The van der Waals surface area contributed by atoms with Gasteiger partial charge in [0.25, 0.3) is 0 Å². The Morgan fingerprint density at radius 1 is 1.42 bits per heavy atom. The van der Waals surface area contributed by atoms with Gasteiger partial charge in [-0.25, -0.2) is 4.98 Å². The van der Waals surface area contributed by atoms with Gasteiger partial charge in [-0.1, -0.05) is 6.42 Å². The maximum atomic E-state index is 4.37. The minimum atomic E-state index is 0.156. The van der Waals surface area contributed by atoms with Crippen molar-refractivity contribution in [3.8, 4) is 0 Å². The Bertz CT molecular complexity index is 394. The average molecular weight is 281 g/mol. The van der Waals surface area contributed by atoms with E-state index in [0.717, 1.165) is 11.8 Å².